The van der Waals surface area contributed by atoms with E-state index in [4.69, 9.17) is 10.5 Å². The summed E-state index contributed by atoms with van der Waals surface area (Å²) in [5, 5.41) is 2.90. The topological polar surface area (TPSA) is 67.6 Å². The molecule has 1 atom stereocenters. The van der Waals surface area contributed by atoms with Gasteiger partial charge >= 0.3 is 0 Å². The molecule has 3 rings (SSSR count). The van der Waals surface area contributed by atoms with Gasteiger partial charge in [0.05, 0.1) is 13.2 Å². The molecule has 2 aromatic carbocycles. The van der Waals surface area contributed by atoms with Gasteiger partial charge in [-0.2, -0.15) is 0 Å². The van der Waals surface area contributed by atoms with Crippen LogP contribution in [0.1, 0.15) is 28.9 Å². The van der Waals surface area contributed by atoms with Crippen LogP contribution in [0.25, 0.3) is 0 Å². The van der Waals surface area contributed by atoms with Crippen LogP contribution < -0.4 is 11.1 Å². The molecular weight excluding hydrogens is 302 g/mol. The smallest absolute Gasteiger partial charge is 0.255 e. The number of benzene rings is 2. The molecule has 0 radical (unpaired) electrons. The van der Waals surface area contributed by atoms with Crippen LogP contribution in [0.2, 0.25) is 0 Å². The molecule has 1 unspecified atom stereocenters. The Bertz CT molecular complexity index is 694. The van der Waals surface area contributed by atoms with E-state index >= 15 is 0 Å². The first-order chi connectivity index (χ1) is 11.6. The van der Waals surface area contributed by atoms with Crippen molar-refractivity contribution in [1.29, 1.82) is 0 Å². The first-order valence-electron chi connectivity index (χ1n) is 8.22. The lowest BCUT2D eigenvalue weighted by molar-refractivity contribution is 0.0198. The third-order valence-electron chi connectivity index (χ3n) is 4.39. The molecule has 24 heavy (non-hydrogen) atoms. The number of carbonyl (C=O) groups is 1. The van der Waals surface area contributed by atoms with Crippen molar-refractivity contribution in [3.05, 3.63) is 59.7 Å². The molecule has 2 aromatic rings. The van der Waals surface area contributed by atoms with E-state index in [1.54, 1.807) is 24.3 Å². The predicted octanol–water partition coefficient (Wildman–Crippen LogP) is 2.91. The summed E-state index contributed by atoms with van der Waals surface area (Å²) in [6, 6.07) is 15.3. The van der Waals surface area contributed by atoms with Gasteiger partial charge in [0.15, 0.2) is 0 Å². The van der Waals surface area contributed by atoms with Crippen LogP contribution in [0.15, 0.2) is 48.5 Å². The monoisotopic (exact) mass is 325 g/mol. The maximum atomic E-state index is 12.2. The minimum Gasteiger partial charge on any atom is -0.399 e. The van der Waals surface area contributed by atoms with Crippen LogP contribution in [0.4, 0.5) is 11.4 Å². The summed E-state index contributed by atoms with van der Waals surface area (Å²) in [5.74, 6) is -0.156. The highest BCUT2D eigenvalue weighted by Crippen LogP contribution is 2.23. The molecule has 0 saturated carbocycles. The number of nitrogens with one attached hydrogen (secondary N) is 1. The molecule has 0 bridgehead atoms. The van der Waals surface area contributed by atoms with Crippen LogP contribution in [0.5, 0.6) is 0 Å². The van der Waals surface area contributed by atoms with E-state index < -0.39 is 0 Å². The van der Waals surface area contributed by atoms with Crippen molar-refractivity contribution in [2.24, 2.45) is 0 Å². The maximum Gasteiger partial charge on any atom is 0.255 e. The standard InChI is InChI=1S/C19H23N3O2/c1-14(22-9-11-24-12-10-22)15-5-7-18(8-6-15)21-19(23)16-3-2-4-17(20)13-16/h2-8,13-14H,9-12,20H2,1H3,(H,21,23). The van der Waals surface area contributed by atoms with Crippen molar-refractivity contribution in [2.75, 3.05) is 37.4 Å². The lowest BCUT2D eigenvalue weighted by atomic mass is 10.1. The van der Waals surface area contributed by atoms with Crippen LogP contribution in [0, 0.1) is 0 Å². The molecular formula is C19H23N3O2. The Hall–Kier alpha value is -2.37. The zero-order valence-corrected chi connectivity index (χ0v) is 13.9. The van der Waals surface area contributed by atoms with Crippen LogP contribution >= 0.6 is 0 Å². The van der Waals surface area contributed by atoms with E-state index in [-0.39, 0.29) is 5.91 Å². The molecule has 126 valence electrons. The van der Waals surface area contributed by atoms with Gasteiger partial charge in [0.25, 0.3) is 5.91 Å². The number of morpholine rings is 1. The van der Waals surface area contributed by atoms with E-state index in [0.717, 1.165) is 32.0 Å². The van der Waals surface area contributed by atoms with E-state index in [1.807, 2.05) is 12.1 Å². The Labute approximate surface area is 142 Å². The molecule has 1 saturated heterocycles. The average molecular weight is 325 g/mol. The third kappa shape index (κ3) is 3.93. The summed E-state index contributed by atoms with van der Waals surface area (Å²) in [7, 11) is 0. The summed E-state index contributed by atoms with van der Waals surface area (Å²) in [6.45, 7) is 5.69. The highest BCUT2D eigenvalue weighted by Gasteiger charge is 2.18. The van der Waals surface area contributed by atoms with E-state index in [2.05, 4.69) is 29.3 Å². The average Bonchev–Trinajstić information content (AvgIpc) is 2.62. The normalized spacial score (nSPS) is 16.5. The number of rotatable bonds is 4. The number of ether oxygens (including phenoxy) is 1. The number of nitrogen functional groups attached to an aromatic ring is 1. The van der Waals surface area contributed by atoms with Crippen molar-refractivity contribution >= 4 is 17.3 Å². The summed E-state index contributed by atoms with van der Waals surface area (Å²) < 4.78 is 5.40. The second-order valence-corrected chi connectivity index (χ2v) is 6.03. The minimum absolute atomic E-state index is 0.156. The van der Waals surface area contributed by atoms with Crippen LogP contribution in [0.3, 0.4) is 0 Å². The van der Waals surface area contributed by atoms with Gasteiger partial charge in [0.2, 0.25) is 0 Å². The second-order valence-electron chi connectivity index (χ2n) is 6.03. The maximum absolute atomic E-state index is 12.2. The number of carbonyl (C=O) groups excluding carboxylic acids is 1. The lowest BCUT2D eigenvalue weighted by Gasteiger charge is -2.32. The number of anilines is 2. The summed E-state index contributed by atoms with van der Waals surface area (Å²) >= 11 is 0. The largest absolute Gasteiger partial charge is 0.399 e. The Kier molecular flexibility index (Phi) is 5.13. The van der Waals surface area contributed by atoms with E-state index in [9.17, 15) is 4.79 Å². The Balaban J connectivity index is 1.64. The van der Waals surface area contributed by atoms with Gasteiger partial charge in [-0.25, -0.2) is 0 Å². The van der Waals surface area contributed by atoms with Crippen molar-refractivity contribution in [3.8, 4) is 0 Å². The number of nitrogens with two attached hydrogens (primary N) is 1. The fourth-order valence-corrected chi connectivity index (χ4v) is 2.90. The van der Waals surface area contributed by atoms with Gasteiger partial charge < -0.3 is 15.8 Å². The predicted molar refractivity (Wildman–Crippen MR) is 96.1 cm³/mol. The van der Waals surface area contributed by atoms with Gasteiger partial charge in [-0.15, -0.1) is 0 Å². The van der Waals surface area contributed by atoms with Crippen molar-refractivity contribution < 1.29 is 9.53 Å². The molecule has 0 aliphatic carbocycles. The Morgan fingerprint density at radius 2 is 1.88 bits per heavy atom. The van der Waals surface area contributed by atoms with Gasteiger partial charge in [-0.1, -0.05) is 18.2 Å². The first kappa shape index (κ1) is 16.5. The van der Waals surface area contributed by atoms with Gasteiger partial charge in [0, 0.05) is 36.1 Å². The zero-order valence-electron chi connectivity index (χ0n) is 13.9. The molecule has 1 aliphatic rings. The molecule has 1 heterocycles. The van der Waals surface area contributed by atoms with Gasteiger partial charge in [-0.3, -0.25) is 9.69 Å². The van der Waals surface area contributed by atoms with Crippen molar-refractivity contribution in [1.82, 2.24) is 4.90 Å². The molecule has 3 N–H and O–H groups in total. The summed E-state index contributed by atoms with van der Waals surface area (Å²) in [4.78, 5) is 14.7. The number of hydrogen-bond donors (Lipinski definition) is 2. The fourth-order valence-electron chi connectivity index (χ4n) is 2.90. The SMILES string of the molecule is CC(c1ccc(NC(=O)c2cccc(N)c2)cc1)N1CCOCC1. The number of amides is 1. The molecule has 0 aromatic heterocycles. The fraction of sp³-hybridized carbons (Fsp3) is 0.316. The highest BCUT2D eigenvalue weighted by atomic mass is 16.5. The van der Waals surface area contributed by atoms with Gasteiger partial charge in [-0.05, 0) is 42.8 Å². The molecule has 1 fully saturated rings. The minimum atomic E-state index is -0.156. The van der Waals surface area contributed by atoms with E-state index in [1.165, 1.54) is 5.56 Å². The third-order valence-corrected chi connectivity index (χ3v) is 4.39. The molecule has 1 amide bonds. The van der Waals surface area contributed by atoms with Crippen molar-refractivity contribution in [3.63, 3.8) is 0 Å². The summed E-state index contributed by atoms with van der Waals surface area (Å²) in [6.07, 6.45) is 0. The van der Waals surface area contributed by atoms with Crippen LogP contribution in [-0.4, -0.2) is 37.1 Å². The molecule has 1 aliphatic heterocycles. The number of hydrogen-bond acceptors (Lipinski definition) is 4. The molecule has 5 nitrogen and oxygen atoms in total. The lowest BCUT2D eigenvalue weighted by Crippen LogP contribution is -2.37. The number of nitrogens with zero attached hydrogens (tertiary/aromatic N) is 1. The summed E-state index contributed by atoms with van der Waals surface area (Å²) in [5.41, 5.74) is 8.87. The first-order valence-corrected chi connectivity index (χ1v) is 8.22. The zero-order chi connectivity index (χ0) is 16.9. The van der Waals surface area contributed by atoms with Gasteiger partial charge in [0.1, 0.15) is 0 Å². The quantitative estimate of drug-likeness (QED) is 0.848. The van der Waals surface area contributed by atoms with Crippen molar-refractivity contribution in [2.45, 2.75) is 13.0 Å². The Morgan fingerprint density at radius 1 is 1.17 bits per heavy atom. The Morgan fingerprint density at radius 3 is 2.54 bits per heavy atom. The second kappa shape index (κ2) is 7.47. The van der Waals surface area contributed by atoms with Crippen LogP contribution in [-0.2, 0) is 4.74 Å². The molecule has 0 spiro atoms. The molecule has 5 heteroatoms. The highest BCUT2D eigenvalue weighted by molar-refractivity contribution is 6.04. The van der Waals surface area contributed by atoms with E-state index in [0.29, 0.717) is 17.3 Å².